The SMILES string of the molecule is O=C1[C@H]2C[C@@H](O)CCN2C(=O)CN1CCSc1ccccn1. The third-order valence-corrected chi connectivity index (χ3v) is 4.99. The van der Waals surface area contributed by atoms with E-state index in [9.17, 15) is 14.7 Å². The Morgan fingerprint density at radius 1 is 1.36 bits per heavy atom. The summed E-state index contributed by atoms with van der Waals surface area (Å²) < 4.78 is 0. The zero-order chi connectivity index (χ0) is 15.5. The standard InChI is InChI=1S/C15H19N3O3S/c19-11-4-6-18-12(9-11)15(21)17(10-14(18)20)7-8-22-13-3-1-2-5-16-13/h1-3,5,11-12,19H,4,6-10H2/t11-,12+/m0/s1. The third kappa shape index (κ3) is 3.25. The van der Waals surface area contributed by atoms with Crippen LogP contribution in [0.25, 0.3) is 0 Å². The number of piperazine rings is 1. The topological polar surface area (TPSA) is 73.7 Å². The number of fused-ring (bicyclic) bond motifs is 1. The number of piperidine rings is 1. The third-order valence-electron chi connectivity index (χ3n) is 4.07. The molecule has 0 spiro atoms. The van der Waals surface area contributed by atoms with Gasteiger partial charge < -0.3 is 14.9 Å². The lowest BCUT2D eigenvalue weighted by Crippen LogP contribution is -2.63. The van der Waals surface area contributed by atoms with Crippen LogP contribution in [-0.4, -0.2) is 69.2 Å². The minimum Gasteiger partial charge on any atom is -0.393 e. The first-order valence-corrected chi connectivity index (χ1v) is 8.44. The molecule has 1 aromatic rings. The first kappa shape index (κ1) is 15.3. The van der Waals surface area contributed by atoms with E-state index in [1.54, 1.807) is 27.8 Å². The summed E-state index contributed by atoms with van der Waals surface area (Å²) in [5.74, 6) is 0.644. The number of carbonyl (C=O) groups excluding carboxylic acids is 2. The number of thioether (sulfide) groups is 1. The van der Waals surface area contributed by atoms with Crippen LogP contribution in [0.3, 0.4) is 0 Å². The quantitative estimate of drug-likeness (QED) is 0.811. The molecular formula is C15H19N3O3S. The second-order valence-corrected chi connectivity index (χ2v) is 6.67. The fraction of sp³-hybridized carbons (Fsp3) is 0.533. The highest BCUT2D eigenvalue weighted by molar-refractivity contribution is 7.99. The van der Waals surface area contributed by atoms with Gasteiger partial charge in [-0.1, -0.05) is 6.07 Å². The van der Waals surface area contributed by atoms with Crippen LogP contribution in [0.15, 0.2) is 29.4 Å². The lowest BCUT2D eigenvalue weighted by atomic mass is 9.96. The van der Waals surface area contributed by atoms with E-state index < -0.39 is 12.1 Å². The number of hydrogen-bond donors (Lipinski definition) is 1. The van der Waals surface area contributed by atoms with Crippen LogP contribution < -0.4 is 0 Å². The Kier molecular flexibility index (Phi) is 4.63. The van der Waals surface area contributed by atoms with Gasteiger partial charge in [-0.3, -0.25) is 9.59 Å². The smallest absolute Gasteiger partial charge is 0.245 e. The summed E-state index contributed by atoms with van der Waals surface area (Å²) in [5, 5.41) is 10.7. The molecule has 0 radical (unpaired) electrons. The molecule has 2 aliphatic heterocycles. The summed E-state index contributed by atoms with van der Waals surface area (Å²) in [7, 11) is 0. The number of amides is 2. The minimum atomic E-state index is -0.485. The summed E-state index contributed by atoms with van der Waals surface area (Å²) in [6, 6.07) is 5.23. The summed E-state index contributed by atoms with van der Waals surface area (Å²) in [6.07, 6.45) is 2.17. The van der Waals surface area contributed by atoms with Crippen molar-refractivity contribution in [2.45, 2.75) is 30.0 Å². The van der Waals surface area contributed by atoms with Crippen molar-refractivity contribution in [3.05, 3.63) is 24.4 Å². The largest absolute Gasteiger partial charge is 0.393 e. The van der Waals surface area contributed by atoms with Crippen molar-refractivity contribution >= 4 is 23.6 Å². The fourth-order valence-electron chi connectivity index (χ4n) is 2.90. The Hall–Kier alpha value is -1.60. The molecule has 0 bridgehead atoms. The maximum atomic E-state index is 12.5. The van der Waals surface area contributed by atoms with E-state index in [4.69, 9.17) is 0 Å². The lowest BCUT2D eigenvalue weighted by Gasteiger charge is -2.43. The monoisotopic (exact) mass is 321 g/mol. The molecule has 6 nitrogen and oxygen atoms in total. The first-order valence-electron chi connectivity index (χ1n) is 7.45. The highest BCUT2D eigenvalue weighted by atomic mass is 32.2. The van der Waals surface area contributed by atoms with Gasteiger partial charge in [0.05, 0.1) is 17.7 Å². The predicted octanol–water partition coefficient (Wildman–Crippen LogP) is 0.368. The molecule has 3 rings (SSSR count). The van der Waals surface area contributed by atoms with Gasteiger partial charge >= 0.3 is 0 Å². The van der Waals surface area contributed by atoms with Gasteiger partial charge in [-0.2, -0.15) is 0 Å². The predicted molar refractivity (Wildman–Crippen MR) is 82.3 cm³/mol. The molecule has 22 heavy (non-hydrogen) atoms. The number of nitrogens with zero attached hydrogens (tertiary/aromatic N) is 3. The number of rotatable bonds is 4. The molecule has 2 aliphatic rings. The Morgan fingerprint density at radius 2 is 2.23 bits per heavy atom. The molecule has 7 heteroatoms. The molecule has 2 amide bonds. The molecule has 2 atom stereocenters. The Balaban J connectivity index is 1.57. The molecular weight excluding hydrogens is 302 g/mol. The van der Waals surface area contributed by atoms with Crippen molar-refractivity contribution in [2.75, 3.05) is 25.4 Å². The summed E-state index contributed by atoms with van der Waals surface area (Å²) in [5.41, 5.74) is 0. The second kappa shape index (κ2) is 6.66. The Bertz CT molecular complexity index is 554. The normalized spacial score (nSPS) is 25.3. The minimum absolute atomic E-state index is 0.0145. The van der Waals surface area contributed by atoms with Crippen LogP contribution in [0, 0.1) is 0 Å². The van der Waals surface area contributed by atoms with E-state index in [0.29, 0.717) is 31.7 Å². The fourth-order valence-corrected chi connectivity index (χ4v) is 3.74. The van der Waals surface area contributed by atoms with E-state index >= 15 is 0 Å². The summed E-state index contributed by atoms with van der Waals surface area (Å²) in [4.78, 5) is 32.1. The highest BCUT2D eigenvalue weighted by Gasteiger charge is 2.42. The van der Waals surface area contributed by atoms with Crippen molar-refractivity contribution in [3.63, 3.8) is 0 Å². The number of aromatic nitrogens is 1. The van der Waals surface area contributed by atoms with Crippen molar-refractivity contribution < 1.29 is 14.7 Å². The zero-order valence-electron chi connectivity index (χ0n) is 12.2. The van der Waals surface area contributed by atoms with Crippen molar-refractivity contribution in [1.82, 2.24) is 14.8 Å². The average molecular weight is 321 g/mol. The lowest BCUT2D eigenvalue weighted by molar-refractivity contribution is -0.159. The van der Waals surface area contributed by atoms with Gasteiger partial charge in [0, 0.05) is 31.5 Å². The van der Waals surface area contributed by atoms with Crippen LogP contribution >= 0.6 is 11.8 Å². The van der Waals surface area contributed by atoms with E-state index in [0.717, 1.165) is 5.03 Å². The summed E-state index contributed by atoms with van der Waals surface area (Å²) in [6.45, 7) is 1.15. The van der Waals surface area contributed by atoms with Crippen molar-refractivity contribution in [3.8, 4) is 0 Å². The first-order chi connectivity index (χ1) is 10.6. The number of aliphatic hydroxyl groups excluding tert-OH is 1. The molecule has 1 N–H and O–H groups in total. The van der Waals surface area contributed by atoms with Crippen LogP contribution in [0.1, 0.15) is 12.8 Å². The maximum absolute atomic E-state index is 12.5. The van der Waals surface area contributed by atoms with Gasteiger partial charge in [0.2, 0.25) is 11.8 Å². The Morgan fingerprint density at radius 3 is 3.00 bits per heavy atom. The molecule has 0 aliphatic carbocycles. The van der Waals surface area contributed by atoms with E-state index in [2.05, 4.69) is 4.98 Å². The molecule has 118 valence electrons. The number of carbonyl (C=O) groups is 2. The molecule has 2 saturated heterocycles. The van der Waals surface area contributed by atoms with Crippen molar-refractivity contribution in [2.24, 2.45) is 0 Å². The molecule has 2 fully saturated rings. The molecule has 0 unspecified atom stereocenters. The van der Waals surface area contributed by atoms with Gasteiger partial charge in [0.1, 0.15) is 6.04 Å². The average Bonchev–Trinajstić information content (AvgIpc) is 2.53. The van der Waals surface area contributed by atoms with Crippen LogP contribution in [-0.2, 0) is 9.59 Å². The van der Waals surface area contributed by atoms with Gasteiger partial charge in [-0.05, 0) is 18.6 Å². The van der Waals surface area contributed by atoms with Crippen LogP contribution in [0.2, 0.25) is 0 Å². The van der Waals surface area contributed by atoms with Crippen molar-refractivity contribution in [1.29, 1.82) is 0 Å². The summed E-state index contributed by atoms with van der Waals surface area (Å²) >= 11 is 1.57. The zero-order valence-corrected chi connectivity index (χ0v) is 13.0. The van der Waals surface area contributed by atoms with Gasteiger partial charge in [0.25, 0.3) is 0 Å². The second-order valence-electron chi connectivity index (χ2n) is 5.56. The number of hydrogen-bond acceptors (Lipinski definition) is 5. The van der Waals surface area contributed by atoms with E-state index in [-0.39, 0.29) is 18.4 Å². The van der Waals surface area contributed by atoms with Gasteiger partial charge in [-0.15, -0.1) is 11.8 Å². The van der Waals surface area contributed by atoms with Gasteiger partial charge in [-0.25, -0.2) is 4.98 Å². The van der Waals surface area contributed by atoms with Crippen LogP contribution in [0.5, 0.6) is 0 Å². The Labute approximate surface area is 133 Å². The molecule has 0 aromatic carbocycles. The molecule has 3 heterocycles. The van der Waals surface area contributed by atoms with Gasteiger partial charge in [0.15, 0.2) is 0 Å². The van der Waals surface area contributed by atoms with E-state index in [1.165, 1.54) is 0 Å². The number of pyridine rings is 1. The highest BCUT2D eigenvalue weighted by Crippen LogP contribution is 2.24. The van der Waals surface area contributed by atoms with Crippen LogP contribution in [0.4, 0.5) is 0 Å². The van der Waals surface area contributed by atoms with E-state index in [1.807, 2.05) is 18.2 Å². The molecule has 1 aromatic heterocycles. The maximum Gasteiger partial charge on any atom is 0.245 e. The molecule has 0 saturated carbocycles. The number of aliphatic hydroxyl groups is 1.